The molecule has 3 aromatic rings. The van der Waals surface area contributed by atoms with Crippen molar-refractivity contribution in [1.29, 1.82) is 0 Å². The van der Waals surface area contributed by atoms with Crippen LogP contribution in [0.1, 0.15) is 21.5 Å². The highest BCUT2D eigenvalue weighted by molar-refractivity contribution is 6.30. The van der Waals surface area contributed by atoms with E-state index >= 15 is 0 Å². The fourth-order valence-corrected chi connectivity index (χ4v) is 2.46. The van der Waals surface area contributed by atoms with Crippen molar-refractivity contribution in [2.45, 2.75) is 13.2 Å². The van der Waals surface area contributed by atoms with Crippen LogP contribution < -0.4 is 10.8 Å². The first-order chi connectivity index (χ1) is 12.7. The summed E-state index contributed by atoms with van der Waals surface area (Å²) in [6.07, 6.45) is 1.63. The maximum atomic E-state index is 12.4. The number of aromatic nitrogens is 1. The third-order valence-corrected chi connectivity index (χ3v) is 3.92. The number of anilines is 1. The van der Waals surface area contributed by atoms with Gasteiger partial charge in [0.05, 0.1) is 12.2 Å². The van der Waals surface area contributed by atoms with E-state index in [0.29, 0.717) is 29.6 Å². The van der Waals surface area contributed by atoms with Crippen LogP contribution in [0.15, 0.2) is 72.9 Å². The van der Waals surface area contributed by atoms with Gasteiger partial charge < -0.3 is 5.32 Å². The number of amides is 1. The third-order valence-electron chi connectivity index (χ3n) is 3.67. The van der Waals surface area contributed by atoms with E-state index in [2.05, 4.69) is 15.8 Å². The number of carbonyl (C=O) groups is 1. The minimum absolute atomic E-state index is 0.292. The van der Waals surface area contributed by atoms with Crippen molar-refractivity contribution in [2.75, 3.05) is 5.32 Å². The van der Waals surface area contributed by atoms with Crippen molar-refractivity contribution >= 4 is 23.3 Å². The highest BCUT2D eigenvalue weighted by Gasteiger charge is 2.12. The van der Waals surface area contributed by atoms with Crippen molar-refractivity contribution in [3.8, 4) is 0 Å². The Hall–Kier alpha value is -2.89. The number of nitrogens with one attached hydrogen (secondary N) is 2. The molecule has 0 spiro atoms. The maximum absolute atomic E-state index is 12.4. The van der Waals surface area contributed by atoms with Gasteiger partial charge in [0.1, 0.15) is 5.82 Å². The van der Waals surface area contributed by atoms with Crippen molar-refractivity contribution in [3.63, 3.8) is 0 Å². The molecule has 0 radical (unpaired) electrons. The van der Waals surface area contributed by atoms with Gasteiger partial charge in [0.2, 0.25) is 0 Å². The monoisotopic (exact) mass is 367 g/mol. The van der Waals surface area contributed by atoms with Crippen LogP contribution in [0.4, 0.5) is 5.82 Å². The molecule has 2 aromatic carbocycles. The first-order valence-corrected chi connectivity index (χ1v) is 8.49. The number of hydroxylamine groups is 1. The molecule has 3 rings (SSSR count). The van der Waals surface area contributed by atoms with E-state index in [1.54, 1.807) is 18.3 Å². The van der Waals surface area contributed by atoms with E-state index < -0.39 is 0 Å². The maximum Gasteiger partial charge on any atom is 0.278 e. The van der Waals surface area contributed by atoms with Crippen molar-refractivity contribution in [2.24, 2.45) is 0 Å². The summed E-state index contributed by atoms with van der Waals surface area (Å²) in [5.74, 6) is 0.135. The fraction of sp³-hybridized carbons (Fsp3) is 0.100. The predicted molar refractivity (Wildman–Crippen MR) is 102 cm³/mol. The normalized spacial score (nSPS) is 10.3. The lowest BCUT2D eigenvalue weighted by atomic mass is 10.2. The summed E-state index contributed by atoms with van der Waals surface area (Å²) in [4.78, 5) is 21.9. The zero-order valence-electron chi connectivity index (χ0n) is 14.0. The minimum atomic E-state index is -0.354. The Bertz CT molecular complexity index is 854. The summed E-state index contributed by atoms with van der Waals surface area (Å²) in [7, 11) is 0. The van der Waals surface area contributed by atoms with Crippen LogP contribution in [-0.4, -0.2) is 10.9 Å². The lowest BCUT2D eigenvalue weighted by molar-refractivity contribution is 0.0234. The van der Waals surface area contributed by atoms with Gasteiger partial charge in [0, 0.05) is 17.8 Å². The molecule has 0 aliphatic carbocycles. The molecule has 0 atom stereocenters. The summed E-state index contributed by atoms with van der Waals surface area (Å²) in [5, 5.41) is 3.85. The van der Waals surface area contributed by atoms with Crippen LogP contribution in [0.25, 0.3) is 0 Å². The lowest BCUT2D eigenvalue weighted by Gasteiger charge is -2.11. The Labute approximate surface area is 156 Å². The molecular weight excluding hydrogens is 350 g/mol. The lowest BCUT2D eigenvalue weighted by Crippen LogP contribution is -2.25. The quantitative estimate of drug-likeness (QED) is 0.614. The number of rotatable bonds is 7. The molecule has 2 N–H and O–H groups in total. The van der Waals surface area contributed by atoms with E-state index in [9.17, 15) is 4.79 Å². The van der Waals surface area contributed by atoms with E-state index in [1.165, 1.54) is 0 Å². The van der Waals surface area contributed by atoms with Gasteiger partial charge in [-0.15, -0.1) is 0 Å². The molecule has 0 unspecified atom stereocenters. The Balaban J connectivity index is 1.58. The van der Waals surface area contributed by atoms with Gasteiger partial charge in [-0.25, -0.2) is 10.5 Å². The highest BCUT2D eigenvalue weighted by Crippen LogP contribution is 2.15. The molecule has 0 bridgehead atoms. The molecule has 1 amide bonds. The molecule has 0 saturated heterocycles. The molecule has 26 heavy (non-hydrogen) atoms. The largest absolute Gasteiger partial charge is 0.365 e. The van der Waals surface area contributed by atoms with E-state index in [-0.39, 0.29) is 5.91 Å². The zero-order valence-corrected chi connectivity index (χ0v) is 14.7. The summed E-state index contributed by atoms with van der Waals surface area (Å²) in [5.41, 5.74) is 4.88. The van der Waals surface area contributed by atoms with Crippen LogP contribution in [0.3, 0.4) is 0 Å². The SMILES string of the molecule is O=C(NOCc1ccccc1)c1cccnc1NCc1ccc(Cl)cc1. The van der Waals surface area contributed by atoms with Gasteiger partial charge in [0.15, 0.2) is 0 Å². The average molecular weight is 368 g/mol. The van der Waals surface area contributed by atoms with Gasteiger partial charge in [-0.2, -0.15) is 0 Å². The molecular formula is C20H18ClN3O2. The Morgan fingerprint density at radius 2 is 1.73 bits per heavy atom. The average Bonchev–Trinajstić information content (AvgIpc) is 2.68. The van der Waals surface area contributed by atoms with Gasteiger partial charge in [0.25, 0.3) is 5.91 Å². The summed E-state index contributed by atoms with van der Waals surface area (Å²) >= 11 is 5.89. The number of hydrogen-bond donors (Lipinski definition) is 2. The molecule has 1 heterocycles. The van der Waals surface area contributed by atoms with Gasteiger partial charge in [-0.1, -0.05) is 54.1 Å². The Morgan fingerprint density at radius 1 is 0.962 bits per heavy atom. The molecule has 6 heteroatoms. The second-order valence-electron chi connectivity index (χ2n) is 5.59. The number of pyridine rings is 1. The minimum Gasteiger partial charge on any atom is -0.365 e. The Kier molecular flexibility index (Phi) is 6.19. The fourth-order valence-electron chi connectivity index (χ4n) is 2.33. The molecule has 1 aromatic heterocycles. The second-order valence-corrected chi connectivity index (χ2v) is 6.02. The molecule has 0 saturated carbocycles. The topological polar surface area (TPSA) is 63.2 Å². The van der Waals surface area contributed by atoms with Crippen LogP contribution in [0, 0.1) is 0 Å². The van der Waals surface area contributed by atoms with Gasteiger partial charge in [-0.3, -0.25) is 9.63 Å². The smallest absolute Gasteiger partial charge is 0.278 e. The summed E-state index contributed by atoms with van der Waals surface area (Å²) in [6, 6.07) is 20.5. The molecule has 0 fully saturated rings. The predicted octanol–water partition coefficient (Wildman–Crippen LogP) is 4.21. The third kappa shape index (κ3) is 5.05. The van der Waals surface area contributed by atoms with Crippen LogP contribution in [-0.2, 0) is 18.0 Å². The second kappa shape index (κ2) is 8.99. The number of carbonyl (C=O) groups excluding carboxylic acids is 1. The van der Waals surface area contributed by atoms with Gasteiger partial charge in [-0.05, 0) is 35.4 Å². The van der Waals surface area contributed by atoms with Crippen LogP contribution in [0.5, 0.6) is 0 Å². The molecule has 0 aliphatic rings. The standard InChI is InChI=1S/C20H18ClN3O2/c21-17-10-8-15(9-11-17)13-23-19-18(7-4-12-22-19)20(25)24-26-14-16-5-2-1-3-6-16/h1-12H,13-14H2,(H,22,23)(H,24,25). The zero-order chi connectivity index (χ0) is 18.2. The van der Waals surface area contributed by atoms with Crippen molar-refractivity contribution in [1.82, 2.24) is 10.5 Å². The van der Waals surface area contributed by atoms with Crippen molar-refractivity contribution in [3.05, 3.63) is 94.6 Å². The van der Waals surface area contributed by atoms with Crippen LogP contribution >= 0.6 is 11.6 Å². The molecule has 0 aliphatic heterocycles. The van der Waals surface area contributed by atoms with Gasteiger partial charge >= 0.3 is 0 Å². The number of halogens is 1. The molecule has 5 nitrogen and oxygen atoms in total. The van der Waals surface area contributed by atoms with E-state index in [4.69, 9.17) is 16.4 Å². The van der Waals surface area contributed by atoms with E-state index in [1.807, 2.05) is 54.6 Å². The summed E-state index contributed by atoms with van der Waals surface area (Å²) < 4.78 is 0. The highest BCUT2D eigenvalue weighted by atomic mass is 35.5. The number of nitrogens with zero attached hydrogens (tertiary/aromatic N) is 1. The van der Waals surface area contributed by atoms with Crippen LogP contribution in [0.2, 0.25) is 5.02 Å². The summed E-state index contributed by atoms with van der Waals surface area (Å²) in [6.45, 7) is 0.819. The first kappa shape index (κ1) is 17.9. The number of benzene rings is 2. The number of hydrogen-bond acceptors (Lipinski definition) is 4. The van der Waals surface area contributed by atoms with E-state index in [0.717, 1.165) is 11.1 Å². The van der Waals surface area contributed by atoms with Crippen molar-refractivity contribution < 1.29 is 9.63 Å². The molecule has 132 valence electrons. The first-order valence-electron chi connectivity index (χ1n) is 8.12. The Morgan fingerprint density at radius 3 is 2.50 bits per heavy atom.